The number of fused-ring (bicyclic) bond motifs is 4. The average Bonchev–Trinajstić information content (AvgIpc) is 3.40. The summed E-state index contributed by atoms with van der Waals surface area (Å²) < 4.78 is 32.2. The summed E-state index contributed by atoms with van der Waals surface area (Å²) in [5.74, 6) is 0.246. The van der Waals surface area contributed by atoms with Crippen molar-refractivity contribution in [3.8, 4) is 5.75 Å². The first-order chi connectivity index (χ1) is 21.3. The van der Waals surface area contributed by atoms with E-state index in [1.807, 2.05) is 12.1 Å². The van der Waals surface area contributed by atoms with Gasteiger partial charge in [-0.1, -0.05) is 45.6 Å². The average molecular weight is 637 g/mol. The molecule has 0 bridgehead atoms. The number of carbonyl (C=O) groups is 2. The maximum atomic E-state index is 14.3. The van der Waals surface area contributed by atoms with Gasteiger partial charge >= 0.3 is 12.1 Å². The third kappa shape index (κ3) is 6.33. The number of benzene rings is 2. The number of likely N-dealkylation sites (tertiary alicyclic amines) is 1. The minimum absolute atomic E-state index is 0.0101. The lowest BCUT2D eigenvalue weighted by atomic mass is 9.68. The van der Waals surface area contributed by atoms with E-state index in [0.717, 1.165) is 27.9 Å². The predicted molar refractivity (Wildman–Crippen MR) is 177 cm³/mol. The number of nitrogens with one attached hydrogen (secondary N) is 2. The fraction of sp³-hybridized carbons (Fsp3) is 0.471. The monoisotopic (exact) mass is 636 g/mol. The molecule has 11 heteroatoms. The first kappa shape index (κ1) is 32.6. The zero-order valence-corrected chi connectivity index (χ0v) is 28.2. The Morgan fingerprint density at radius 1 is 1.18 bits per heavy atom. The Bertz CT molecular complexity index is 1570. The second-order valence-corrected chi connectivity index (χ2v) is 18.4. The van der Waals surface area contributed by atoms with Crippen molar-refractivity contribution in [1.29, 1.82) is 0 Å². The predicted octanol–water partition coefficient (Wildman–Crippen LogP) is 7.58. The van der Waals surface area contributed by atoms with E-state index in [2.05, 4.69) is 56.8 Å². The highest BCUT2D eigenvalue weighted by atomic mass is 28.4. The van der Waals surface area contributed by atoms with Gasteiger partial charge in [0.05, 0.1) is 25.4 Å². The Balaban J connectivity index is 1.53. The van der Waals surface area contributed by atoms with Crippen LogP contribution in [0.3, 0.4) is 0 Å². The van der Waals surface area contributed by atoms with E-state index in [0.29, 0.717) is 39.1 Å². The van der Waals surface area contributed by atoms with Crippen LogP contribution in [-0.4, -0.2) is 75.2 Å². The first-order valence-corrected chi connectivity index (χ1v) is 18.4. The van der Waals surface area contributed by atoms with E-state index in [-0.39, 0.29) is 23.4 Å². The van der Waals surface area contributed by atoms with Crippen LogP contribution in [0.25, 0.3) is 10.9 Å². The zero-order chi connectivity index (χ0) is 32.6. The van der Waals surface area contributed by atoms with Gasteiger partial charge in [-0.3, -0.25) is 4.90 Å². The number of ether oxygens (including phenoxy) is 2. The Labute approximate surface area is 265 Å². The van der Waals surface area contributed by atoms with Gasteiger partial charge in [0.15, 0.2) is 8.32 Å². The van der Waals surface area contributed by atoms with E-state index in [1.165, 1.54) is 6.07 Å². The molecule has 242 valence electrons. The minimum atomic E-state index is -2.17. The number of amides is 3. The Morgan fingerprint density at radius 2 is 1.89 bits per heavy atom. The number of carbonyl (C=O) groups excluding carboxylic acids is 2. The quantitative estimate of drug-likeness (QED) is 0.206. The molecule has 1 atom stereocenters. The van der Waals surface area contributed by atoms with Crippen LogP contribution in [0.2, 0.25) is 18.1 Å². The molecule has 3 heterocycles. The molecule has 3 amide bonds. The van der Waals surface area contributed by atoms with Crippen LogP contribution >= 0.6 is 0 Å². The molecule has 0 saturated carbocycles. The van der Waals surface area contributed by atoms with Crippen molar-refractivity contribution in [3.05, 3.63) is 72.2 Å². The summed E-state index contributed by atoms with van der Waals surface area (Å²) in [6.07, 6.45) is 2.33. The van der Waals surface area contributed by atoms with E-state index in [1.54, 1.807) is 41.2 Å². The lowest BCUT2D eigenvalue weighted by Crippen LogP contribution is -2.57. The van der Waals surface area contributed by atoms with Gasteiger partial charge in [-0.05, 0) is 60.8 Å². The van der Waals surface area contributed by atoms with Crippen LogP contribution in [0.1, 0.15) is 50.9 Å². The highest BCUT2D eigenvalue weighted by molar-refractivity contribution is 6.74. The summed E-state index contributed by atoms with van der Waals surface area (Å²) in [5.41, 5.74) is 2.66. The van der Waals surface area contributed by atoms with Crippen LogP contribution in [0, 0.1) is 5.82 Å². The van der Waals surface area contributed by atoms with Crippen molar-refractivity contribution in [2.75, 3.05) is 45.3 Å². The number of aromatic nitrogens is 1. The SMILES string of the molecule is C=CCOC(=O)N1CC2(CCN(C(=O)Nc3ccccc3F)CC2)c2c([nH]c3cc(OC)ccc23)[C@@H]1CO[Si](C)(C)C(C)(C)C. The maximum absolute atomic E-state index is 14.3. The molecule has 5 rings (SSSR count). The Hall–Kier alpha value is -3.83. The molecule has 1 fully saturated rings. The Kier molecular flexibility index (Phi) is 9.05. The van der Waals surface area contributed by atoms with Crippen molar-refractivity contribution in [2.45, 2.75) is 63.2 Å². The molecule has 45 heavy (non-hydrogen) atoms. The number of aromatic amines is 1. The van der Waals surface area contributed by atoms with Crippen molar-refractivity contribution in [3.63, 3.8) is 0 Å². The number of methoxy groups -OCH3 is 1. The van der Waals surface area contributed by atoms with Crippen LogP contribution in [-0.2, 0) is 14.6 Å². The molecule has 2 N–H and O–H groups in total. The van der Waals surface area contributed by atoms with Gasteiger partial charge in [0.2, 0.25) is 0 Å². The summed E-state index contributed by atoms with van der Waals surface area (Å²) in [7, 11) is -0.527. The summed E-state index contributed by atoms with van der Waals surface area (Å²) >= 11 is 0. The summed E-state index contributed by atoms with van der Waals surface area (Å²) in [6, 6.07) is 11.4. The molecule has 1 saturated heterocycles. The number of rotatable bonds is 7. The summed E-state index contributed by atoms with van der Waals surface area (Å²) in [6.45, 7) is 16.4. The van der Waals surface area contributed by atoms with Gasteiger partial charge in [-0.2, -0.15) is 0 Å². The van der Waals surface area contributed by atoms with E-state index in [9.17, 15) is 14.0 Å². The van der Waals surface area contributed by atoms with Crippen molar-refractivity contribution in [2.24, 2.45) is 0 Å². The number of H-pyrrole nitrogens is 1. The molecule has 2 aliphatic heterocycles. The summed E-state index contributed by atoms with van der Waals surface area (Å²) in [4.78, 5) is 34.1. The van der Waals surface area contributed by atoms with Crippen LogP contribution < -0.4 is 10.1 Å². The first-order valence-electron chi connectivity index (χ1n) is 15.5. The van der Waals surface area contributed by atoms with E-state index < -0.39 is 31.7 Å². The van der Waals surface area contributed by atoms with Gasteiger partial charge in [0, 0.05) is 47.7 Å². The molecule has 0 aliphatic carbocycles. The number of urea groups is 1. The fourth-order valence-corrected chi connectivity index (χ4v) is 7.21. The second-order valence-electron chi connectivity index (χ2n) is 13.6. The fourth-order valence-electron chi connectivity index (χ4n) is 6.20. The molecule has 1 spiro atoms. The lowest BCUT2D eigenvalue weighted by Gasteiger charge is -2.50. The van der Waals surface area contributed by atoms with Crippen LogP contribution in [0.15, 0.2) is 55.1 Å². The third-order valence-corrected chi connectivity index (χ3v) is 14.3. The van der Waals surface area contributed by atoms with Crippen molar-refractivity contribution >= 4 is 37.0 Å². The molecule has 2 aromatic carbocycles. The molecular weight excluding hydrogens is 591 g/mol. The van der Waals surface area contributed by atoms with Crippen molar-refractivity contribution < 1.29 is 27.9 Å². The second kappa shape index (κ2) is 12.5. The van der Waals surface area contributed by atoms with Crippen molar-refractivity contribution in [1.82, 2.24) is 14.8 Å². The van der Waals surface area contributed by atoms with Crippen LogP contribution in [0.4, 0.5) is 19.7 Å². The van der Waals surface area contributed by atoms with Gasteiger partial charge in [0.1, 0.15) is 18.2 Å². The number of hydrogen-bond donors (Lipinski definition) is 2. The number of piperidine rings is 1. The topological polar surface area (TPSA) is 96.1 Å². The molecule has 0 unspecified atom stereocenters. The number of halogens is 1. The Morgan fingerprint density at radius 3 is 2.53 bits per heavy atom. The highest BCUT2D eigenvalue weighted by Gasteiger charge is 2.50. The number of hydrogen-bond acceptors (Lipinski definition) is 5. The molecular formula is C34H45FN4O5Si. The molecule has 2 aliphatic rings. The minimum Gasteiger partial charge on any atom is -0.497 e. The highest BCUT2D eigenvalue weighted by Crippen LogP contribution is 2.50. The molecule has 0 radical (unpaired) electrons. The molecule has 9 nitrogen and oxygen atoms in total. The standard InChI is InChI=1S/C34H45FN4O5Si/c1-8-19-43-32(41)39-22-34(15-17-38(18-16-34)31(40)37-26-12-10-9-11-25(26)35)29-24-14-13-23(42-5)20-27(24)36-30(29)28(39)21-44-45(6,7)33(2,3)4/h8-14,20,28,36H,1,15-19,21-22H2,2-7H3,(H,37,40)/t28-/m0/s1. The largest absolute Gasteiger partial charge is 0.497 e. The van der Waals surface area contributed by atoms with E-state index in [4.69, 9.17) is 13.9 Å². The lowest BCUT2D eigenvalue weighted by molar-refractivity contribution is 0.0410. The van der Waals surface area contributed by atoms with E-state index >= 15 is 0 Å². The number of nitrogens with zero attached hydrogens (tertiary/aromatic N) is 2. The van der Waals surface area contributed by atoms with Crippen LogP contribution in [0.5, 0.6) is 5.75 Å². The van der Waals surface area contributed by atoms with Gasteiger partial charge in [-0.15, -0.1) is 0 Å². The normalized spacial score (nSPS) is 18.1. The smallest absolute Gasteiger partial charge is 0.410 e. The number of para-hydroxylation sites is 1. The van der Waals surface area contributed by atoms with Gasteiger partial charge < -0.3 is 29.1 Å². The van der Waals surface area contributed by atoms with Gasteiger partial charge in [0.25, 0.3) is 0 Å². The molecule has 3 aromatic rings. The van der Waals surface area contributed by atoms with Gasteiger partial charge in [-0.25, -0.2) is 14.0 Å². The zero-order valence-electron chi connectivity index (χ0n) is 27.2. The number of anilines is 1. The summed E-state index contributed by atoms with van der Waals surface area (Å²) in [5, 5.41) is 3.76. The molecule has 1 aromatic heterocycles. The third-order valence-electron chi connectivity index (χ3n) is 9.84. The maximum Gasteiger partial charge on any atom is 0.410 e.